The van der Waals surface area contributed by atoms with Gasteiger partial charge in [0.1, 0.15) is 5.82 Å². The molecule has 0 atom stereocenters. The van der Waals surface area contributed by atoms with Crippen LogP contribution < -0.4 is 10.2 Å². The van der Waals surface area contributed by atoms with Gasteiger partial charge in [-0.1, -0.05) is 34.8 Å². The highest BCUT2D eigenvalue weighted by molar-refractivity contribution is 6.36. The molecule has 0 aliphatic carbocycles. The molecule has 0 fully saturated rings. The maximum absolute atomic E-state index is 13.6. The monoisotopic (exact) mass is 548 g/mol. The second-order valence-electron chi connectivity index (χ2n) is 7.30. The second-order valence-corrected chi connectivity index (χ2v) is 8.52. The van der Waals surface area contributed by atoms with Gasteiger partial charge in [0.15, 0.2) is 5.82 Å². The van der Waals surface area contributed by atoms with Gasteiger partial charge in [0.25, 0.3) is 5.91 Å². The van der Waals surface area contributed by atoms with Crippen LogP contribution in [0, 0.1) is 5.82 Å². The van der Waals surface area contributed by atoms with Crippen LogP contribution >= 0.6 is 34.8 Å². The van der Waals surface area contributed by atoms with Crippen LogP contribution in [0.3, 0.4) is 0 Å². The van der Waals surface area contributed by atoms with Gasteiger partial charge >= 0.3 is 6.09 Å². The molecule has 0 aliphatic heterocycles. The fourth-order valence-electron chi connectivity index (χ4n) is 3.46. The molecule has 2 heterocycles. The predicted molar refractivity (Wildman–Crippen MR) is 135 cm³/mol. The van der Waals surface area contributed by atoms with E-state index < -0.39 is 17.8 Å². The largest absolute Gasteiger partial charge is 0.465 e. The van der Waals surface area contributed by atoms with Gasteiger partial charge in [-0.25, -0.2) is 14.2 Å². The number of halogens is 4. The molecular formula is C23H16Cl3FN6O3. The van der Waals surface area contributed by atoms with Gasteiger partial charge in [-0.3, -0.25) is 9.69 Å². The van der Waals surface area contributed by atoms with Gasteiger partial charge in [-0.05, 0) is 43.3 Å². The van der Waals surface area contributed by atoms with Crippen LogP contribution in [0.1, 0.15) is 17.3 Å². The SMILES string of the molecule is CCN(C(=O)O)c1cc(C(=O)Nc2cnc(-n3nccn3)c(Cl)c2)c(Cl)cc1-c1ccc(F)cc1Cl. The van der Waals surface area contributed by atoms with E-state index in [-0.39, 0.29) is 44.4 Å². The standard InChI is InChI=1S/C23H16Cl3FN6O3/c1-2-32(23(35)36)20-10-16(18(25)9-15(20)14-4-3-12(27)7-17(14)24)22(34)31-13-8-19(26)21(28-11-13)33-29-5-6-30-33/h3-11H,2H2,1H3,(H,31,34)(H,35,36). The molecule has 13 heteroatoms. The molecule has 0 unspecified atom stereocenters. The summed E-state index contributed by atoms with van der Waals surface area (Å²) in [6.45, 7) is 1.69. The summed E-state index contributed by atoms with van der Waals surface area (Å²) in [6.07, 6.45) is 3.03. The fraction of sp³-hybridized carbons (Fsp3) is 0.0870. The first-order valence-electron chi connectivity index (χ1n) is 10.3. The molecule has 36 heavy (non-hydrogen) atoms. The number of carbonyl (C=O) groups excluding carboxylic acids is 1. The summed E-state index contributed by atoms with van der Waals surface area (Å²) in [5, 5.41) is 20.6. The summed E-state index contributed by atoms with van der Waals surface area (Å²) in [5.41, 5.74) is 1.05. The highest BCUT2D eigenvalue weighted by atomic mass is 35.5. The highest BCUT2D eigenvalue weighted by Crippen LogP contribution is 2.39. The first kappa shape index (κ1) is 25.4. The molecule has 4 aromatic rings. The van der Waals surface area contributed by atoms with E-state index in [1.54, 1.807) is 6.92 Å². The number of nitrogens with one attached hydrogen (secondary N) is 1. The molecule has 2 aromatic heterocycles. The molecule has 0 bridgehead atoms. The smallest absolute Gasteiger partial charge is 0.411 e. The van der Waals surface area contributed by atoms with Gasteiger partial charge in [0, 0.05) is 17.7 Å². The first-order chi connectivity index (χ1) is 17.2. The molecule has 2 aromatic carbocycles. The Morgan fingerprint density at radius 1 is 1.03 bits per heavy atom. The lowest BCUT2D eigenvalue weighted by Gasteiger charge is -2.23. The van der Waals surface area contributed by atoms with Crippen molar-refractivity contribution in [2.75, 3.05) is 16.8 Å². The van der Waals surface area contributed by atoms with Crippen molar-refractivity contribution in [3.8, 4) is 16.9 Å². The first-order valence-corrected chi connectivity index (χ1v) is 11.5. The molecule has 0 saturated carbocycles. The molecule has 0 saturated heterocycles. The number of carboxylic acid groups (broad SMARTS) is 1. The van der Waals surface area contributed by atoms with Crippen molar-refractivity contribution < 1.29 is 19.1 Å². The van der Waals surface area contributed by atoms with Crippen LogP contribution in [-0.4, -0.2) is 43.6 Å². The number of rotatable bonds is 6. The van der Waals surface area contributed by atoms with Crippen molar-refractivity contribution in [2.24, 2.45) is 0 Å². The Bertz CT molecular complexity index is 1470. The average molecular weight is 550 g/mol. The lowest BCUT2D eigenvalue weighted by Crippen LogP contribution is -2.29. The van der Waals surface area contributed by atoms with Gasteiger partial charge in [-0.2, -0.15) is 10.2 Å². The number of anilines is 2. The van der Waals surface area contributed by atoms with E-state index >= 15 is 0 Å². The van der Waals surface area contributed by atoms with Crippen LogP contribution in [0.15, 0.2) is 55.0 Å². The van der Waals surface area contributed by atoms with E-state index in [0.717, 1.165) is 11.0 Å². The Labute approximate surface area is 219 Å². The van der Waals surface area contributed by atoms with Crippen molar-refractivity contribution in [2.45, 2.75) is 6.92 Å². The molecule has 0 radical (unpaired) electrons. The molecule has 0 aliphatic rings. The number of aromatic nitrogens is 4. The molecule has 184 valence electrons. The van der Waals surface area contributed by atoms with Gasteiger partial charge < -0.3 is 10.4 Å². The minimum absolute atomic E-state index is 0.0118. The van der Waals surface area contributed by atoms with Crippen molar-refractivity contribution in [1.82, 2.24) is 20.0 Å². The third kappa shape index (κ3) is 5.11. The quantitative estimate of drug-likeness (QED) is 0.297. The van der Waals surface area contributed by atoms with Crippen molar-refractivity contribution in [1.29, 1.82) is 0 Å². The molecule has 2 amide bonds. The normalized spacial score (nSPS) is 10.8. The summed E-state index contributed by atoms with van der Waals surface area (Å²) in [4.78, 5) is 31.5. The average Bonchev–Trinajstić information content (AvgIpc) is 3.35. The van der Waals surface area contributed by atoms with Crippen LogP contribution in [-0.2, 0) is 0 Å². The lowest BCUT2D eigenvalue weighted by atomic mass is 9.99. The zero-order chi connectivity index (χ0) is 26.0. The lowest BCUT2D eigenvalue weighted by molar-refractivity contribution is 0.102. The molecular weight excluding hydrogens is 534 g/mol. The fourth-order valence-corrected chi connectivity index (χ4v) is 4.22. The Balaban J connectivity index is 1.74. The predicted octanol–water partition coefficient (Wildman–Crippen LogP) is 6.19. The minimum atomic E-state index is -1.26. The van der Waals surface area contributed by atoms with Crippen LogP contribution in [0.2, 0.25) is 15.1 Å². The number of amides is 2. The van der Waals surface area contributed by atoms with E-state index in [9.17, 15) is 19.1 Å². The minimum Gasteiger partial charge on any atom is -0.465 e. The topological polar surface area (TPSA) is 113 Å². The molecule has 0 spiro atoms. The summed E-state index contributed by atoms with van der Waals surface area (Å²) in [7, 11) is 0. The number of nitrogens with zero attached hydrogens (tertiary/aromatic N) is 5. The third-order valence-electron chi connectivity index (χ3n) is 5.08. The van der Waals surface area contributed by atoms with Crippen LogP contribution in [0.25, 0.3) is 16.9 Å². The number of carbonyl (C=O) groups is 2. The maximum atomic E-state index is 13.6. The Morgan fingerprint density at radius 3 is 2.36 bits per heavy atom. The Hall–Kier alpha value is -3.73. The van der Waals surface area contributed by atoms with E-state index in [1.165, 1.54) is 53.7 Å². The molecule has 9 nitrogen and oxygen atoms in total. The summed E-state index contributed by atoms with van der Waals surface area (Å²) >= 11 is 18.9. The zero-order valence-electron chi connectivity index (χ0n) is 18.4. The van der Waals surface area contributed by atoms with Crippen molar-refractivity contribution >= 4 is 58.2 Å². The van der Waals surface area contributed by atoms with E-state index in [2.05, 4.69) is 20.5 Å². The number of pyridine rings is 1. The van der Waals surface area contributed by atoms with E-state index in [0.29, 0.717) is 11.1 Å². The second kappa shape index (κ2) is 10.5. The van der Waals surface area contributed by atoms with Gasteiger partial charge in [0.2, 0.25) is 0 Å². The maximum Gasteiger partial charge on any atom is 0.411 e. The van der Waals surface area contributed by atoms with Gasteiger partial charge in [-0.15, -0.1) is 4.80 Å². The van der Waals surface area contributed by atoms with Crippen molar-refractivity contribution in [3.63, 3.8) is 0 Å². The van der Waals surface area contributed by atoms with E-state index in [1.807, 2.05) is 0 Å². The zero-order valence-corrected chi connectivity index (χ0v) is 20.7. The Morgan fingerprint density at radius 2 is 1.75 bits per heavy atom. The summed E-state index contributed by atoms with van der Waals surface area (Å²) in [6, 6.07) is 7.91. The van der Waals surface area contributed by atoms with Gasteiger partial charge in [0.05, 0.1) is 50.6 Å². The van der Waals surface area contributed by atoms with Crippen LogP contribution in [0.4, 0.5) is 20.6 Å². The van der Waals surface area contributed by atoms with Crippen LogP contribution in [0.5, 0.6) is 0 Å². The number of hydrogen-bond donors (Lipinski definition) is 2. The summed E-state index contributed by atoms with van der Waals surface area (Å²) < 4.78 is 13.6. The highest BCUT2D eigenvalue weighted by Gasteiger charge is 2.23. The number of benzene rings is 2. The molecule has 4 rings (SSSR count). The number of hydrogen-bond acceptors (Lipinski definition) is 5. The Kier molecular flexibility index (Phi) is 7.39. The van der Waals surface area contributed by atoms with Crippen molar-refractivity contribution in [3.05, 3.63) is 81.4 Å². The molecule has 2 N–H and O–H groups in total. The summed E-state index contributed by atoms with van der Waals surface area (Å²) in [5.74, 6) is -0.928. The third-order valence-corrected chi connectivity index (χ3v) is 5.98. The van der Waals surface area contributed by atoms with E-state index in [4.69, 9.17) is 34.8 Å².